The number of ketones is 1. The van der Waals surface area contributed by atoms with Gasteiger partial charge < -0.3 is 4.74 Å². The van der Waals surface area contributed by atoms with Gasteiger partial charge in [-0.1, -0.05) is 33.6 Å². The van der Waals surface area contributed by atoms with Crippen LogP contribution in [0, 0.1) is 0 Å². The Morgan fingerprint density at radius 2 is 2.05 bits per heavy atom. The van der Waals surface area contributed by atoms with Crippen molar-refractivity contribution in [1.82, 2.24) is 0 Å². The number of rotatable bonds is 3. The number of carbonyl (C=O) groups excluding carboxylic acids is 1. The van der Waals surface area contributed by atoms with Crippen LogP contribution in [-0.4, -0.2) is 12.4 Å². The Bertz CT molecular complexity index is 728. The fourth-order valence-corrected chi connectivity index (χ4v) is 3.40. The summed E-state index contributed by atoms with van der Waals surface area (Å²) in [6.07, 6.45) is 1.19. The monoisotopic (exact) mass is 428 g/mol. The van der Waals surface area contributed by atoms with Crippen molar-refractivity contribution in [3.63, 3.8) is 0 Å². The Balaban J connectivity index is 1.90. The number of benzene rings is 2. The van der Waals surface area contributed by atoms with Crippen LogP contribution in [0.15, 0.2) is 39.3 Å². The highest BCUT2D eigenvalue weighted by atomic mass is 79.9. The van der Waals surface area contributed by atoms with Crippen LogP contribution in [0.5, 0.6) is 5.75 Å². The molecule has 0 aromatic heterocycles. The number of hydrogen-bond acceptors (Lipinski definition) is 2. The van der Waals surface area contributed by atoms with Gasteiger partial charge in [0, 0.05) is 32.9 Å². The predicted molar refractivity (Wildman–Crippen MR) is 90.5 cm³/mol. The average Bonchev–Trinajstić information content (AvgIpc) is 2.90. The zero-order valence-electron chi connectivity index (χ0n) is 11.0. The molecule has 1 aliphatic heterocycles. The highest BCUT2D eigenvalue weighted by Crippen LogP contribution is 2.34. The largest absolute Gasteiger partial charge is 0.493 e. The van der Waals surface area contributed by atoms with Crippen molar-refractivity contribution < 1.29 is 9.53 Å². The molecule has 0 saturated heterocycles. The summed E-state index contributed by atoms with van der Waals surface area (Å²) in [5.74, 6) is 0.884. The lowest BCUT2D eigenvalue weighted by Crippen LogP contribution is -2.05. The summed E-state index contributed by atoms with van der Waals surface area (Å²) >= 11 is 12.9. The first-order valence-corrected chi connectivity index (χ1v) is 8.43. The van der Waals surface area contributed by atoms with Gasteiger partial charge in [0.25, 0.3) is 0 Å². The summed E-state index contributed by atoms with van der Waals surface area (Å²) < 4.78 is 7.42. The molecule has 108 valence electrons. The quantitative estimate of drug-likeness (QED) is 0.624. The van der Waals surface area contributed by atoms with Crippen LogP contribution in [0.3, 0.4) is 0 Å². The molecule has 0 saturated carbocycles. The van der Waals surface area contributed by atoms with Crippen molar-refractivity contribution in [1.29, 1.82) is 0 Å². The van der Waals surface area contributed by atoms with Crippen LogP contribution in [0.2, 0.25) is 5.02 Å². The van der Waals surface area contributed by atoms with Crippen LogP contribution >= 0.6 is 43.5 Å². The number of carbonyl (C=O) groups is 1. The van der Waals surface area contributed by atoms with Gasteiger partial charge in [-0.15, -0.1) is 0 Å². The summed E-state index contributed by atoms with van der Waals surface area (Å²) in [6.45, 7) is 0.678. The summed E-state index contributed by atoms with van der Waals surface area (Å²) in [6, 6.07) is 9.25. The van der Waals surface area contributed by atoms with Crippen molar-refractivity contribution in [2.75, 3.05) is 6.61 Å². The van der Waals surface area contributed by atoms with Crippen molar-refractivity contribution in [2.45, 2.75) is 12.8 Å². The maximum absolute atomic E-state index is 12.4. The SMILES string of the molecule is O=C(Cc1cc(Br)cc2c1OCC2)c1ccc(Br)c(Cl)c1. The lowest BCUT2D eigenvalue weighted by molar-refractivity contribution is 0.0992. The first kappa shape index (κ1) is 15.1. The van der Waals surface area contributed by atoms with E-state index < -0.39 is 0 Å². The molecule has 1 aliphatic rings. The fourth-order valence-electron chi connectivity index (χ4n) is 2.42. The minimum Gasteiger partial charge on any atom is -0.493 e. The molecule has 2 nitrogen and oxygen atoms in total. The third kappa shape index (κ3) is 3.17. The Morgan fingerprint density at radius 3 is 2.81 bits per heavy atom. The zero-order chi connectivity index (χ0) is 15.0. The number of halogens is 3. The van der Waals surface area contributed by atoms with E-state index in [0.29, 0.717) is 23.6 Å². The molecule has 0 fully saturated rings. The summed E-state index contributed by atoms with van der Waals surface area (Å²) in [7, 11) is 0. The van der Waals surface area contributed by atoms with Gasteiger partial charge >= 0.3 is 0 Å². The third-order valence-corrected chi connectivity index (χ3v) is 5.11. The second kappa shape index (κ2) is 6.11. The molecule has 0 unspecified atom stereocenters. The lowest BCUT2D eigenvalue weighted by Gasteiger charge is -2.09. The van der Waals surface area contributed by atoms with Gasteiger partial charge in [0.1, 0.15) is 5.75 Å². The van der Waals surface area contributed by atoms with Crippen LogP contribution in [-0.2, 0) is 12.8 Å². The molecule has 2 aromatic rings. The summed E-state index contributed by atoms with van der Waals surface area (Å²) in [5, 5.41) is 0.538. The number of hydrogen-bond donors (Lipinski definition) is 0. The molecule has 1 heterocycles. The summed E-state index contributed by atoms with van der Waals surface area (Å²) in [4.78, 5) is 12.4. The van der Waals surface area contributed by atoms with Crippen LogP contribution in [0.1, 0.15) is 21.5 Å². The predicted octanol–water partition coefficient (Wildman–Crippen LogP) is 5.23. The molecule has 21 heavy (non-hydrogen) atoms. The van der Waals surface area contributed by atoms with Crippen LogP contribution < -0.4 is 4.74 Å². The van der Waals surface area contributed by atoms with Gasteiger partial charge in [-0.25, -0.2) is 0 Å². The Morgan fingerprint density at radius 1 is 1.24 bits per heavy atom. The van der Waals surface area contributed by atoms with E-state index in [1.54, 1.807) is 18.2 Å². The molecule has 0 N–H and O–H groups in total. The fraction of sp³-hybridized carbons (Fsp3) is 0.188. The van der Waals surface area contributed by atoms with Crippen molar-refractivity contribution in [3.8, 4) is 5.75 Å². The molecule has 2 aromatic carbocycles. The van der Waals surface area contributed by atoms with Gasteiger partial charge in [-0.2, -0.15) is 0 Å². The smallest absolute Gasteiger partial charge is 0.167 e. The van der Waals surface area contributed by atoms with Gasteiger partial charge in [-0.3, -0.25) is 4.79 Å². The van der Waals surface area contributed by atoms with E-state index in [1.165, 1.54) is 0 Å². The number of fused-ring (bicyclic) bond motifs is 1. The van der Waals surface area contributed by atoms with E-state index in [2.05, 4.69) is 31.9 Å². The molecule has 0 spiro atoms. The molecule has 3 rings (SSSR count). The standard InChI is InChI=1S/C16H11Br2ClO2/c17-12-5-10-3-4-21-16(10)11(6-12)8-15(20)9-1-2-13(18)14(19)7-9/h1-2,5-7H,3-4,8H2. The van der Waals surface area contributed by atoms with E-state index in [0.717, 1.165) is 32.2 Å². The highest BCUT2D eigenvalue weighted by molar-refractivity contribution is 9.10. The Kier molecular flexibility index (Phi) is 4.38. The highest BCUT2D eigenvalue weighted by Gasteiger charge is 2.20. The maximum atomic E-state index is 12.4. The van der Waals surface area contributed by atoms with Crippen molar-refractivity contribution in [3.05, 3.63) is 61.0 Å². The van der Waals surface area contributed by atoms with E-state index in [9.17, 15) is 4.79 Å². The molecule has 5 heteroatoms. The van der Waals surface area contributed by atoms with E-state index in [4.69, 9.17) is 16.3 Å². The molecule has 0 bridgehead atoms. The zero-order valence-corrected chi connectivity index (χ0v) is 14.9. The Labute approximate surface area is 144 Å². The van der Waals surface area contributed by atoms with Crippen molar-refractivity contribution >= 4 is 49.2 Å². The normalized spacial score (nSPS) is 12.9. The van der Waals surface area contributed by atoms with Gasteiger partial charge in [0.15, 0.2) is 5.78 Å². The number of ether oxygens (including phenoxy) is 1. The second-order valence-corrected chi connectivity index (χ2v) is 7.06. The maximum Gasteiger partial charge on any atom is 0.167 e. The lowest BCUT2D eigenvalue weighted by atomic mass is 10.00. The van der Waals surface area contributed by atoms with Gasteiger partial charge in [0.05, 0.1) is 11.6 Å². The molecule has 0 radical (unpaired) electrons. The van der Waals surface area contributed by atoms with Crippen LogP contribution in [0.4, 0.5) is 0 Å². The number of Topliss-reactive ketones (excluding diaryl/α,β-unsaturated/α-hetero) is 1. The first-order valence-electron chi connectivity index (χ1n) is 6.47. The summed E-state index contributed by atoms with van der Waals surface area (Å²) in [5.41, 5.74) is 2.68. The van der Waals surface area contributed by atoms with Crippen LogP contribution in [0.25, 0.3) is 0 Å². The second-order valence-electron chi connectivity index (χ2n) is 4.88. The van der Waals surface area contributed by atoms with E-state index in [-0.39, 0.29) is 5.78 Å². The molecule has 0 aliphatic carbocycles. The van der Waals surface area contributed by atoms with E-state index >= 15 is 0 Å². The molecular weight excluding hydrogens is 419 g/mol. The topological polar surface area (TPSA) is 26.3 Å². The van der Waals surface area contributed by atoms with Gasteiger partial charge in [-0.05, 0) is 45.8 Å². The Hall–Kier alpha value is -0.840. The van der Waals surface area contributed by atoms with Crippen molar-refractivity contribution in [2.24, 2.45) is 0 Å². The minimum absolute atomic E-state index is 0.0280. The average molecular weight is 431 g/mol. The molecule has 0 amide bonds. The molecule has 0 atom stereocenters. The minimum atomic E-state index is 0.0280. The molecular formula is C16H11Br2ClO2. The van der Waals surface area contributed by atoms with Gasteiger partial charge in [0.2, 0.25) is 0 Å². The first-order chi connectivity index (χ1) is 10.0. The van der Waals surface area contributed by atoms with E-state index in [1.807, 2.05) is 12.1 Å². The third-order valence-electron chi connectivity index (χ3n) is 3.42.